The second-order valence-electron chi connectivity index (χ2n) is 8.17. The molecule has 6 nitrogen and oxygen atoms in total. The van der Waals surface area contributed by atoms with Crippen LogP contribution in [-0.2, 0) is 22.3 Å². The molecule has 10 heteroatoms. The van der Waals surface area contributed by atoms with E-state index in [4.69, 9.17) is 4.74 Å². The van der Waals surface area contributed by atoms with Crippen molar-refractivity contribution in [1.29, 1.82) is 0 Å². The van der Waals surface area contributed by atoms with E-state index in [0.717, 1.165) is 29.5 Å². The second kappa shape index (κ2) is 11.5. The molecule has 0 spiro atoms. The van der Waals surface area contributed by atoms with Crippen molar-refractivity contribution >= 4 is 40.1 Å². The molecule has 192 valence electrons. The van der Waals surface area contributed by atoms with Crippen molar-refractivity contribution in [3.8, 4) is 5.75 Å². The second-order valence-corrected chi connectivity index (χ2v) is 9.34. The number of alkyl halides is 3. The highest BCUT2D eigenvalue weighted by Crippen LogP contribution is 2.33. The minimum Gasteiger partial charge on any atom is -0.494 e. The van der Waals surface area contributed by atoms with Gasteiger partial charge in [0.25, 0.3) is 0 Å². The number of carbonyl (C=O) groups is 2. The maximum absolute atomic E-state index is 13.2. The number of aliphatic imine (C=N–C) groups is 1. The highest BCUT2D eigenvalue weighted by molar-refractivity contribution is 8.15. The lowest BCUT2D eigenvalue weighted by molar-refractivity contribution is -0.137. The highest BCUT2D eigenvalue weighted by atomic mass is 32.2. The molecule has 0 saturated carbocycles. The molecule has 1 aliphatic rings. The number of rotatable bonds is 7. The van der Waals surface area contributed by atoms with Crippen LogP contribution in [0.4, 0.5) is 24.5 Å². The van der Waals surface area contributed by atoms with Crippen LogP contribution in [-0.4, -0.2) is 33.7 Å². The first-order valence-electron chi connectivity index (χ1n) is 11.5. The van der Waals surface area contributed by atoms with E-state index in [9.17, 15) is 22.8 Å². The van der Waals surface area contributed by atoms with Crippen molar-refractivity contribution in [3.63, 3.8) is 0 Å². The summed E-state index contributed by atoms with van der Waals surface area (Å²) < 4.78 is 44.4. The summed E-state index contributed by atoms with van der Waals surface area (Å²) in [6.45, 7) is 2.55. The van der Waals surface area contributed by atoms with Crippen molar-refractivity contribution in [3.05, 3.63) is 90.0 Å². The molecular weight excluding hydrogens is 503 g/mol. The smallest absolute Gasteiger partial charge is 0.416 e. The Morgan fingerprint density at radius 1 is 1.08 bits per heavy atom. The summed E-state index contributed by atoms with van der Waals surface area (Å²) in [5, 5.41) is 2.28. The van der Waals surface area contributed by atoms with Gasteiger partial charge < -0.3 is 10.1 Å². The van der Waals surface area contributed by atoms with E-state index >= 15 is 0 Å². The molecule has 0 unspecified atom stereocenters. The van der Waals surface area contributed by atoms with Crippen LogP contribution >= 0.6 is 11.8 Å². The van der Waals surface area contributed by atoms with Crippen molar-refractivity contribution in [2.24, 2.45) is 4.99 Å². The van der Waals surface area contributed by atoms with Gasteiger partial charge in [-0.3, -0.25) is 14.5 Å². The Morgan fingerprint density at radius 3 is 2.49 bits per heavy atom. The standard InChI is InChI=1S/C27H24F3N3O3S/c1-2-36-22-10-6-9-21(15-22)31-25(35)23-16-24(34)33(17-18-7-4-3-5-8-18)26(37-23)32-20-13-11-19(12-14-20)27(28,29)30/h3-15,23H,2,16-17H2,1H3,(H,31,35)/t23-/m0/s1. The van der Waals surface area contributed by atoms with Gasteiger partial charge >= 0.3 is 6.18 Å². The fourth-order valence-corrected chi connectivity index (χ4v) is 4.75. The van der Waals surface area contributed by atoms with Gasteiger partial charge in [0.1, 0.15) is 11.0 Å². The molecule has 0 bridgehead atoms. The molecule has 1 atom stereocenters. The summed E-state index contributed by atoms with van der Waals surface area (Å²) in [5.41, 5.74) is 0.826. The van der Waals surface area contributed by atoms with Crippen molar-refractivity contribution in [2.45, 2.75) is 31.3 Å². The molecular formula is C27H24F3N3O3S. The van der Waals surface area contributed by atoms with Crippen LogP contribution < -0.4 is 10.1 Å². The van der Waals surface area contributed by atoms with Crippen molar-refractivity contribution in [1.82, 2.24) is 4.90 Å². The summed E-state index contributed by atoms with van der Waals surface area (Å²) in [7, 11) is 0. The summed E-state index contributed by atoms with van der Waals surface area (Å²) in [5.74, 6) is -0.0887. The van der Waals surface area contributed by atoms with Crippen molar-refractivity contribution in [2.75, 3.05) is 11.9 Å². The number of hydrogen-bond donors (Lipinski definition) is 1. The third-order valence-electron chi connectivity index (χ3n) is 5.45. The first kappa shape index (κ1) is 26.3. The van der Waals surface area contributed by atoms with Gasteiger partial charge in [-0.05, 0) is 48.9 Å². The van der Waals surface area contributed by atoms with E-state index in [0.29, 0.717) is 18.0 Å². The van der Waals surface area contributed by atoms with E-state index in [-0.39, 0.29) is 35.6 Å². The van der Waals surface area contributed by atoms with Gasteiger partial charge in [-0.1, -0.05) is 48.2 Å². The molecule has 4 rings (SSSR count). The fourth-order valence-electron chi connectivity index (χ4n) is 3.65. The van der Waals surface area contributed by atoms with E-state index in [1.165, 1.54) is 17.0 Å². The Kier molecular flexibility index (Phi) is 8.17. The first-order valence-corrected chi connectivity index (χ1v) is 12.4. The predicted octanol–water partition coefficient (Wildman–Crippen LogP) is 6.26. The Hall–Kier alpha value is -3.79. The number of benzene rings is 3. The zero-order valence-corrected chi connectivity index (χ0v) is 20.7. The minimum absolute atomic E-state index is 0.0550. The number of nitrogens with zero attached hydrogens (tertiary/aromatic N) is 2. The average Bonchev–Trinajstić information content (AvgIpc) is 2.87. The zero-order valence-electron chi connectivity index (χ0n) is 19.9. The van der Waals surface area contributed by atoms with Crippen LogP contribution in [0.2, 0.25) is 0 Å². The Labute approximate surface area is 216 Å². The van der Waals surface area contributed by atoms with Crippen LogP contribution in [0.25, 0.3) is 0 Å². The van der Waals surface area contributed by atoms with Gasteiger partial charge in [0.2, 0.25) is 11.8 Å². The largest absolute Gasteiger partial charge is 0.494 e. The SMILES string of the molecule is CCOc1cccc(NC(=O)[C@@H]2CC(=O)N(Cc3ccccc3)C(=Nc3ccc(C(F)(F)F)cc3)S2)c1. The quantitative estimate of drug-likeness (QED) is 0.394. The molecule has 0 aromatic heterocycles. The molecule has 3 aromatic rings. The molecule has 2 amide bonds. The Bertz CT molecular complexity index is 1280. The third-order valence-corrected chi connectivity index (χ3v) is 6.64. The average molecular weight is 528 g/mol. The van der Waals surface area contributed by atoms with Gasteiger partial charge in [-0.25, -0.2) is 4.99 Å². The molecule has 0 aliphatic carbocycles. The maximum Gasteiger partial charge on any atom is 0.416 e. The van der Waals surface area contributed by atoms with Gasteiger partial charge in [0.15, 0.2) is 5.17 Å². The Morgan fingerprint density at radius 2 is 1.81 bits per heavy atom. The first-order chi connectivity index (χ1) is 17.7. The van der Waals surface area contributed by atoms with Gasteiger partial charge in [0, 0.05) is 18.2 Å². The number of amides is 2. The normalized spacial score (nSPS) is 17.1. The van der Waals surface area contributed by atoms with Gasteiger partial charge in [0.05, 0.1) is 24.4 Å². The number of anilines is 1. The lowest BCUT2D eigenvalue weighted by Gasteiger charge is -2.32. The number of carbonyl (C=O) groups excluding carboxylic acids is 2. The van der Waals surface area contributed by atoms with E-state index < -0.39 is 17.0 Å². The minimum atomic E-state index is -4.47. The van der Waals surface area contributed by atoms with Crippen LogP contribution in [0.1, 0.15) is 24.5 Å². The third kappa shape index (κ3) is 6.91. The van der Waals surface area contributed by atoms with E-state index in [2.05, 4.69) is 10.3 Å². The number of amidine groups is 1. The molecule has 37 heavy (non-hydrogen) atoms. The predicted molar refractivity (Wildman–Crippen MR) is 138 cm³/mol. The van der Waals surface area contributed by atoms with Gasteiger partial charge in [-0.15, -0.1) is 0 Å². The van der Waals surface area contributed by atoms with E-state index in [1.807, 2.05) is 37.3 Å². The highest BCUT2D eigenvalue weighted by Gasteiger charge is 2.36. The number of nitrogens with one attached hydrogen (secondary N) is 1. The topological polar surface area (TPSA) is 71.0 Å². The summed E-state index contributed by atoms with van der Waals surface area (Å²) >= 11 is 1.10. The number of ether oxygens (including phenoxy) is 1. The maximum atomic E-state index is 13.2. The molecule has 3 aromatic carbocycles. The summed E-state index contributed by atoms with van der Waals surface area (Å²) in [4.78, 5) is 32.2. The molecule has 1 aliphatic heterocycles. The molecule has 1 N–H and O–H groups in total. The molecule has 1 fully saturated rings. The van der Waals surface area contributed by atoms with E-state index in [1.54, 1.807) is 24.3 Å². The molecule has 1 saturated heterocycles. The Balaban J connectivity index is 1.59. The number of halogens is 3. The lowest BCUT2D eigenvalue weighted by Crippen LogP contribution is -2.44. The summed E-state index contributed by atoms with van der Waals surface area (Å²) in [6, 6.07) is 20.5. The molecule has 1 heterocycles. The van der Waals surface area contributed by atoms with Crippen LogP contribution in [0.5, 0.6) is 5.75 Å². The van der Waals surface area contributed by atoms with Crippen molar-refractivity contribution < 1.29 is 27.5 Å². The zero-order chi connectivity index (χ0) is 26.4. The van der Waals surface area contributed by atoms with Crippen LogP contribution in [0.3, 0.4) is 0 Å². The van der Waals surface area contributed by atoms with Crippen LogP contribution in [0.15, 0.2) is 83.9 Å². The number of hydrogen-bond acceptors (Lipinski definition) is 5. The fraction of sp³-hybridized carbons (Fsp3) is 0.222. The lowest BCUT2D eigenvalue weighted by atomic mass is 10.2. The van der Waals surface area contributed by atoms with Gasteiger partial charge in [-0.2, -0.15) is 13.2 Å². The monoisotopic (exact) mass is 527 g/mol. The van der Waals surface area contributed by atoms with Crippen LogP contribution in [0, 0.1) is 0 Å². The molecule has 0 radical (unpaired) electrons. The summed E-state index contributed by atoms with van der Waals surface area (Å²) in [6.07, 6.45) is -4.52. The number of thioether (sulfide) groups is 1.